The van der Waals surface area contributed by atoms with Crippen LogP contribution in [0, 0.1) is 0 Å². The van der Waals surface area contributed by atoms with Gasteiger partial charge in [-0.2, -0.15) is 0 Å². The highest BCUT2D eigenvalue weighted by atomic mass is 28.4. The third-order valence-corrected chi connectivity index (χ3v) is 7.60. The lowest BCUT2D eigenvalue weighted by Gasteiger charge is -2.46. The van der Waals surface area contributed by atoms with E-state index >= 15 is 0 Å². The van der Waals surface area contributed by atoms with E-state index in [-0.39, 0.29) is 17.0 Å². The van der Waals surface area contributed by atoms with E-state index in [2.05, 4.69) is 40.4 Å². The molecule has 86 valence electrons. The van der Waals surface area contributed by atoms with Crippen LogP contribution in [0.1, 0.15) is 27.2 Å². The molecule has 0 bridgehead atoms. The Morgan fingerprint density at radius 2 is 2.07 bits per heavy atom. The van der Waals surface area contributed by atoms with Crippen molar-refractivity contribution < 1.29 is 9.32 Å². The molecule has 1 fully saturated rings. The van der Waals surface area contributed by atoms with Crippen LogP contribution in [0.5, 0.6) is 0 Å². The summed E-state index contributed by atoms with van der Waals surface area (Å²) < 4.78 is 5.91. The first-order chi connectivity index (χ1) is 6.69. The first-order valence-corrected chi connectivity index (χ1v) is 8.23. The van der Waals surface area contributed by atoms with Crippen LogP contribution in [0.3, 0.4) is 0 Å². The Morgan fingerprint density at radius 3 is 2.40 bits per heavy atom. The molecule has 3 nitrogen and oxygen atoms in total. The fraction of sp³-hybridized carbons (Fsp3) is 0.727. The Morgan fingerprint density at radius 1 is 1.53 bits per heavy atom. The summed E-state index contributed by atoms with van der Waals surface area (Å²) in [5, 5.41) is 1.62. The van der Waals surface area contributed by atoms with Crippen molar-refractivity contribution in [1.29, 1.82) is 0 Å². The highest BCUT2D eigenvalue weighted by Crippen LogP contribution is 2.39. The van der Waals surface area contributed by atoms with Crippen molar-refractivity contribution in [3.63, 3.8) is 0 Å². The molecule has 0 aromatic rings. The second-order valence-electron chi connectivity index (χ2n) is 5.58. The summed E-state index contributed by atoms with van der Waals surface area (Å²) in [6.45, 7) is 14.5. The van der Waals surface area contributed by atoms with E-state index in [1.807, 2.05) is 0 Å². The molecule has 1 unspecified atom stereocenters. The summed E-state index contributed by atoms with van der Waals surface area (Å²) in [6.07, 6.45) is 2.31. The van der Waals surface area contributed by atoms with Gasteiger partial charge in [-0.25, -0.2) is 5.06 Å². The number of amides is 1. The van der Waals surface area contributed by atoms with Crippen LogP contribution in [0.4, 0.5) is 0 Å². The number of carbonyl (C=O) groups excluding carboxylic acids is 1. The summed E-state index contributed by atoms with van der Waals surface area (Å²) in [7, 11) is -1.88. The van der Waals surface area contributed by atoms with Gasteiger partial charge in [-0.15, -0.1) is 6.58 Å². The van der Waals surface area contributed by atoms with Crippen molar-refractivity contribution in [3.05, 3.63) is 12.7 Å². The number of hydrogen-bond acceptors (Lipinski definition) is 2. The van der Waals surface area contributed by atoms with Gasteiger partial charge in [0.15, 0.2) is 0 Å². The summed E-state index contributed by atoms with van der Waals surface area (Å²) in [4.78, 5) is 11.4. The Bertz CT molecular complexity index is 281. The van der Waals surface area contributed by atoms with Gasteiger partial charge in [0, 0.05) is 0 Å². The molecule has 1 aliphatic rings. The molecular formula is C11H21NO2Si. The number of nitrogens with zero attached hydrogens (tertiary/aromatic N) is 1. The summed E-state index contributed by atoms with van der Waals surface area (Å²) in [5.41, 5.74) is 0. The van der Waals surface area contributed by atoms with Crippen molar-refractivity contribution in [3.8, 4) is 0 Å². The molecular weight excluding hydrogens is 206 g/mol. The third-order valence-electron chi connectivity index (χ3n) is 3.34. The topological polar surface area (TPSA) is 29.5 Å². The summed E-state index contributed by atoms with van der Waals surface area (Å²) >= 11 is 0. The lowest BCUT2D eigenvalue weighted by Crippen LogP contribution is -2.58. The fourth-order valence-corrected chi connectivity index (χ4v) is 2.11. The third kappa shape index (κ3) is 2.31. The van der Waals surface area contributed by atoms with Gasteiger partial charge >= 0.3 is 0 Å². The van der Waals surface area contributed by atoms with Gasteiger partial charge in [0.2, 0.25) is 14.2 Å². The molecule has 0 spiro atoms. The minimum atomic E-state index is -1.88. The fourth-order valence-electron chi connectivity index (χ4n) is 1.10. The van der Waals surface area contributed by atoms with Crippen LogP contribution in [0.25, 0.3) is 0 Å². The van der Waals surface area contributed by atoms with Crippen molar-refractivity contribution in [1.82, 2.24) is 5.06 Å². The number of rotatable bonds is 3. The predicted octanol–water partition coefficient (Wildman–Crippen LogP) is 2.71. The molecule has 0 saturated carbocycles. The van der Waals surface area contributed by atoms with Gasteiger partial charge in [0.1, 0.15) is 0 Å². The molecule has 4 heteroatoms. The average molecular weight is 227 g/mol. The second-order valence-corrected chi connectivity index (χ2v) is 10.3. The Balaban J connectivity index is 2.69. The van der Waals surface area contributed by atoms with Crippen molar-refractivity contribution >= 4 is 14.2 Å². The van der Waals surface area contributed by atoms with Gasteiger partial charge in [-0.05, 0) is 18.1 Å². The zero-order valence-electron chi connectivity index (χ0n) is 10.3. The molecule has 1 amide bonds. The SMILES string of the molecule is C=CC1CC(=O)N1O[Si](C)(C)C(C)(C)C. The molecule has 1 atom stereocenters. The van der Waals surface area contributed by atoms with E-state index in [9.17, 15) is 4.79 Å². The maximum Gasteiger partial charge on any atom is 0.248 e. The zero-order chi connectivity index (χ0) is 11.9. The van der Waals surface area contributed by atoms with E-state index in [0.717, 1.165) is 0 Å². The smallest absolute Gasteiger partial charge is 0.248 e. The maximum absolute atomic E-state index is 11.4. The van der Waals surface area contributed by atoms with Crippen LogP contribution in [-0.2, 0) is 9.32 Å². The van der Waals surface area contributed by atoms with Crippen molar-refractivity contribution in [2.45, 2.75) is 51.4 Å². The lowest BCUT2D eigenvalue weighted by molar-refractivity contribution is -0.188. The monoisotopic (exact) mass is 227 g/mol. The molecule has 1 aliphatic heterocycles. The van der Waals surface area contributed by atoms with Crippen LogP contribution < -0.4 is 0 Å². The van der Waals surface area contributed by atoms with Crippen LogP contribution in [0.2, 0.25) is 18.1 Å². The van der Waals surface area contributed by atoms with Gasteiger partial charge in [0.05, 0.1) is 12.5 Å². The summed E-state index contributed by atoms with van der Waals surface area (Å²) in [5.74, 6) is 0.0738. The molecule has 1 saturated heterocycles. The van der Waals surface area contributed by atoms with Gasteiger partial charge in [-0.1, -0.05) is 26.8 Å². The maximum atomic E-state index is 11.4. The molecule has 0 radical (unpaired) electrons. The van der Waals surface area contributed by atoms with E-state index < -0.39 is 8.32 Å². The van der Waals surface area contributed by atoms with Crippen LogP contribution in [-0.4, -0.2) is 25.3 Å². The molecule has 15 heavy (non-hydrogen) atoms. The normalized spacial score (nSPS) is 22.6. The molecule has 1 heterocycles. The van der Waals surface area contributed by atoms with E-state index in [1.54, 1.807) is 6.08 Å². The minimum Gasteiger partial charge on any atom is -0.316 e. The van der Waals surface area contributed by atoms with Crippen LogP contribution in [0.15, 0.2) is 12.7 Å². The van der Waals surface area contributed by atoms with Crippen molar-refractivity contribution in [2.24, 2.45) is 0 Å². The predicted molar refractivity (Wildman–Crippen MR) is 63.7 cm³/mol. The van der Waals surface area contributed by atoms with Gasteiger partial charge in [0.25, 0.3) is 0 Å². The largest absolute Gasteiger partial charge is 0.316 e. The molecule has 0 aromatic carbocycles. The number of β-lactam (4-membered cyclic amide) rings is 1. The van der Waals surface area contributed by atoms with Gasteiger partial charge in [-0.3, -0.25) is 4.79 Å². The Labute approximate surface area is 93.2 Å². The van der Waals surface area contributed by atoms with Gasteiger partial charge < -0.3 is 4.53 Å². The lowest BCUT2D eigenvalue weighted by atomic mass is 10.1. The van der Waals surface area contributed by atoms with Crippen molar-refractivity contribution in [2.75, 3.05) is 0 Å². The Kier molecular flexibility index (Phi) is 3.12. The highest BCUT2D eigenvalue weighted by Gasteiger charge is 2.45. The minimum absolute atomic E-state index is 0.0738. The van der Waals surface area contributed by atoms with E-state index in [0.29, 0.717) is 6.42 Å². The van der Waals surface area contributed by atoms with E-state index in [4.69, 9.17) is 4.53 Å². The zero-order valence-corrected chi connectivity index (χ0v) is 11.3. The molecule has 0 aromatic heterocycles. The number of hydroxylamine groups is 2. The summed E-state index contributed by atoms with van der Waals surface area (Å²) in [6, 6.07) is 0.0756. The molecule has 1 rings (SSSR count). The number of carbonyl (C=O) groups is 1. The molecule has 0 N–H and O–H groups in total. The number of hydrogen-bond donors (Lipinski definition) is 0. The second kappa shape index (κ2) is 3.76. The van der Waals surface area contributed by atoms with E-state index in [1.165, 1.54) is 5.06 Å². The highest BCUT2D eigenvalue weighted by molar-refractivity contribution is 6.74. The first-order valence-electron chi connectivity index (χ1n) is 5.33. The Hall–Kier alpha value is -0.613. The average Bonchev–Trinajstić information content (AvgIpc) is 2.08. The van der Waals surface area contributed by atoms with Crippen LogP contribution >= 0.6 is 0 Å². The quantitative estimate of drug-likeness (QED) is 0.421. The first kappa shape index (κ1) is 12.5. The standard InChI is InChI=1S/C11H21NO2Si/c1-7-9-8-10(13)12(9)14-15(5,6)11(2,3)4/h7,9H,1,8H2,2-6H3. The molecule has 0 aliphatic carbocycles.